The lowest BCUT2D eigenvalue weighted by Gasteiger charge is -2.15. The summed E-state index contributed by atoms with van der Waals surface area (Å²) in [5, 5.41) is 0. The van der Waals surface area contributed by atoms with E-state index in [9.17, 15) is 13.2 Å². The van der Waals surface area contributed by atoms with Crippen molar-refractivity contribution < 1.29 is 22.7 Å². The summed E-state index contributed by atoms with van der Waals surface area (Å²) in [4.78, 5) is 11.5. The molecule has 26 heavy (non-hydrogen) atoms. The summed E-state index contributed by atoms with van der Waals surface area (Å²) in [6, 6.07) is 15.2. The number of hydrogen-bond acceptors (Lipinski definition) is 5. The molecule has 0 amide bonds. The number of ether oxygens (including phenoxy) is 2. The van der Waals surface area contributed by atoms with E-state index in [-0.39, 0.29) is 17.5 Å². The third-order valence-corrected chi connectivity index (χ3v) is 5.14. The second kappa shape index (κ2) is 9.35. The Labute approximate surface area is 154 Å². The first-order chi connectivity index (χ1) is 12.4. The lowest BCUT2D eigenvalue weighted by Crippen LogP contribution is -2.34. The van der Waals surface area contributed by atoms with Gasteiger partial charge < -0.3 is 9.47 Å². The lowest BCUT2D eigenvalue weighted by atomic mass is 10.1. The van der Waals surface area contributed by atoms with E-state index in [1.54, 1.807) is 49.4 Å². The van der Waals surface area contributed by atoms with Crippen LogP contribution < -0.4 is 9.46 Å². The molecule has 0 aromatic heterocycles. The maximum Gasteiger partial charge on any atom is 0.344 e. The Morgan fingerprint density at radius 2 is 1.73 bits per heavy atom. The molecule has 0 unspecified atom stereocenters. The molecule has 0 saturated carbocycles. The van der Waals surface area contributed by atoms with Crippen molar-refractivity contribution in [1.82, 2.24) is 4.72 Å². The third kappa shape index (κ3) is 6.16. The van der Waals surface area contributed by atoms with Gasteiger partial charge in [-0.05, 0) is 50.1 Å². The fourth-order valence-corrected chi connectivity index (χ4v) is 3.66. The Bertz CT molecular complexity index is 804. The van der Waals surface area contributed by atoms with E-state index in [0.29, 0.717) is 18.8 Å². The minimum atomic E-state index is -3.54. The van der Waals surface area contributed by atoms with E-state index in [1.807, 2.05) is 19.1 Å². The Morgan fingerprint density at radius 1 is 1.08 bits per heavy atom. The number of nitrogens with one attached hydrogen (secondary N) is 1. The van der Waals surface area contributed by atoms with Crippen LogP contribution in [-0.4, -0.2) is 33.6 Å². The molecule has 0 aliphatic heterocycles. The normalized spacial score (nSPS) is 12.4. The van der Waals surface area contributed by atoms with Gasteiger partial charge >= 0.3 is 5.97 Å². The number of hydrogen-bond donors (Lipinski definition) is 1. The predicted molar refractivity (Wildman–Crippen MR) is 98.5 cm³/mol. The molecule has 140 valence electrons. The molecule has 0 bridgehead atoms. The van der Waals surface area contributed by atoms with Crippen molar-refractivity contribution >= 4 is 16.0 Å². The molecule has 2 aromatic carbocycles. The first kappa shape index (κ1) is 19.9. The van der Waals surface area contributed by atoms with Gasteiger partial charge in [-0.2, -0.15) is 0 Å². The zero-order valence-electron chi connectivity index (χ0n) is 14.8. The van der Waals surface area contributed by atoms with Gasteiger partial charge in [0.25, 0.3) is 0 Å². The van der Waals surface area contributed by atoms with Gasteiger partial charge in [0, 0.05) is 6.04 Å². The van der Waals surface area contributed by atoms with Crippen molar-refractivity contribution in [2.75, 3.05) is 13.2 Å². The van der Waals surface area contributed by atoms with Gasteiger partial charge in [-0.1, -0.05) is 30.3 Å². The standard InChI is InChI=1S/C19H23NO5S/c1-3-24-19(21)14-25-17-11-9-16(10-12-17)13-15(2)20-26(22,23)18-7-5-4-6-8-18/h4-12,15,20H,3,13-14H2,1-2H3/t15-/m1/s1. The Hall–Kier alpha value is -2.38. The van der Waals surface area contributed by atoms with Gasteiger partial charge in [-0.25, -0.2) is 17.9 Å². The fraction of sp³-hybridized carbons (Fsp3) is 0.316. The number of carbonyl (C=O) groups excluding carboxylic acids is 1. The van der Waals surface area contributed by atoms with Crippen molar-refractivity contribution in [2.45, 2.75) is 31.2 Å². The minimum absolute atomic E-state index is 0.138. The van der Waals surface area contributed by atoms with Gasteiger partial charge in [0.1, 0.15) is 5.75 Å². The molecule has 6 nitrogen and oxygen atoms in total. The average Bonchev–Trinajstić information content (AvgIpc) is 2.61. The van der Waals surface area contributed by atoms with Crippen LogP contribution in [0.4, 0.5) is 0 Å². The molecule has 1 atom stereocenters. The Kier molecular flexibility index (Phi) is 7.17. The average molecular weight is 377 g/mol. The predicted octanol–water partition coefficient (Wildman–Crippen LogP) is 2.54. The number of carbonyl (C=O) groups is 1. The van der Waals surface area contributed by atoms with Gasteiger partial charge in [0.15, 0.2) is 6.61 Å². The minimum Gasteiger partial charge on any atom is -0.482 e. The van der Waals surface area contributed by atoms with Crippen LogP contribution in [0.5, 0.6) is 5.75 Å². The van der Waals surface area contributed by atoms with E-state index < -0.39 is 16.0 Å². The summed E-state index contributed by atoms with van der Waals surface area (Å²) in [6.45, 7) is 3.73. The molecule has 2 rings (SSSR count). The molecule has 0 fully saturated rings. The van der Waals surface area contributed by atoms with Crippen LogP contribution in [0.1, 0.15) is 19.4 Å². The van der Waals surface area contributed by atoms with E-state index in [1.165, 1.54) is 0 Å². The van der Waals surface area contributed by atoms with Crippen molar-refractivity contribution in [2.24, 2.45) is 0 Å². The second-order valence-electron chi connectivity index (χ2n) is 5.78. The smallest absolute Gasteiger partial charge is 0.344 e. The maximum atomic E-state index is 12.3. The van der Waals surface area contributed by atoms with Gasteiger partial charge in [0.2, 0.25) is 10.0 Å². The Balaban J connectivity index is 1.89. The molecule has 0 radical (unpaired) electrons. The molecule has 7 heteroatoms. The first-order valence-electron chi connectivity index (χ1n) is 8.35. The highest BCUT2D eigenvalue weighted by molar-refractivity contribution is 7.89. The van der Waals surface area contributed by atoms with Crippen molar-refractivity contribution in [3.63, 3.8) is 0 Å². The van der Waals surface area contributed by atoms with Crippen LogP contribution in [0.3, 0.4) is 0 Å². The van der Waals surface area contributed by atoms with E-state index >= 15 is 0 Å². The fourth-order valence-electron chi connectivity index (χ4n) is 2.39. The van der Waals surface area contributed by atoms with Crippen LogP contribution in [0.15, 0.2) is 59.5 Å². The summed E-state index contributed by atoms with van der Waals surface area (Å²) < 4.78 is 37.4. The van der Waals surface area contributed by atoms with Gasteiger partial charge in [-0.3, -0.25) is 0 Å². The first-order valence-corrected chi connectivity index (χ1v) is 9.84. The summed E-state index contributed by atoms with van der Waals surface area (Å²) in [5.74, 6) is 0.139. The molecule has 0 aliphatic carbocycles. The highest BCUT2D eigenvalue weighted by Crippen LogP contribution is 2.15. The molecular weight excluding hydrogens is 354 g/mol. The number of sulfonamides is 1. The lowest BCUT2D eigenvalue weighted by molar-refractivity contribution is -0.145. The van der Waals surface area contributed by atoms with Gasteiger partial charge in [0.05, 0.1) is 11.5 Å². The second-order valence-corrected chi connectivity index (χ2v) is 7.49. The van der Waals surface area contributed by atoms with Crippen molar-refractivity contribution in [3.05, 3.63) is 60.2 Å². The largest absolute Gasteiger partial charge is 0.482 e. The van der Waals surface area contributed by atoms with Crippen LogP contribution >= 0.6 is 0 Å². The summed E-state index contributed by atoms with van der Waals surface area (Å²) in [7, 11) is -3.54. The van der Waals surface area contributed by atoms with Crippen LogP contribution in [0, 0.1) is 0 Å². The number of esters is 1. The topological polar surface area (TPSA) is 81.7 Å². The molecular formula is C19H23NO5S. The van der Waals surface area contributed by atoms with Crippen molar-refractivity contribution in [1.29, 1.82) is 0 Å². The number of benzene rings is 2. The van der Waals surface area contributed by atoms with Crippen molar-refractivity contribution in [3.8, 4) is 5.75 Å². The third-order valence-electron chi connectivity index (χ3n) is 3.54. The molecule has 0 saturated heterocycles. The van der Waals surface area contributed by atoms with E-state index in [2.05, 4.69) is 4.72 Å². The monoisotopic (exact) mass is 377 g/mol. The van der Waals surface area contributed by atoms with E-state index in [4.69, 9.17) is 9.47 Å². The molecule has 0 spiro atoms. The summed E-state index contributed by atoms with van der Waals surface area (Å²) >= 11 is 0. The zero-order valence-corrected chi connectivity index (χ0v) is 15.7. The molecule has 2 aromatic rings. The molecule has 1 N–H and O–H groups in total. The quantitative estimate of drug-likeness (QED) is 0.679. The maximum absolute atomic E-state index is 12.3. The summed E-state index contributed by atoms with van der Waals surface area (Å²) in [6.07, 6.45) is 0.532. The van der Waals surface area contributed by atoms with E-state index in [0.717, 1.165) is 5.56 Å². The summed E-state index contributed by atoms with van der Waals surface area (Å²) in [5.41, 5.74) is 0.955. The Morgan fingerprint density at radius 3 is 2.35 bits per heavy atom. The van der Waals surface area contributed by atoms with Crippen LogP contribution in [-0.2, 0) is 26.0 Å². The van der Waals surface area contributed by atoms with Gasteiger partial charge in [-0.15, -0.1) is 0 Å². The highest BCUT2D eigenvalue weighted by Gasteiger charge is 2.17. The van der Waals surface area contributed by atoms with Crippen LogP contribution in [0.25, 0.3) is 0 Å². The zero-order chi connectivity index (χ0) is 19.0. The highest BCUT2D eigenvalue weighted by atomic mass is 32.2. The molecule has 0 aliphatic rings. The van der Waals surface area contributed by atoms with Crippen LogP contribution in [0.2, 0.25) is 0 Å². The number of rotatable bonds is 9. The molecule has 0 heterocycles. The SMILES string of the molecule is CCOC(=O)COc1ccc(C[C@@H](C)NS(=O)(=O)c2ccccc2)cc1.